The summed E-state index contributed by atoms with van der Waals surface area (Å²) in [6, 6.07) is 11.6. The average molecular weight is 736 g/mol. The van der Waals surface area contributed by atoms with E-state index in [0.717, 1.165) is 87.2 Å². The molecule has 0 spiro atoms. The molecule has 0 bridgehead atoms. The molecule has 2 heterocycles. The number of fused-ring (bicyclic) bond motifs is 1. The number of aliphatic imine (C=N–C) groups is 2. The number of thioether (sulfide) groups is 1. The van der Waals surface area contributed by atoms with Crippen molar-refractivity contribution in [2.24, 2.45) is 9.98 Å². The largest absolute Gasteiger partial charge is 0.698 e. The van der Waals surface area contributed by atoms with Gasteiger partial charge in [-0.2, -0.15) is 11.8 Å². The number of aryl methyl sites for hydroxylation is 1. The van der Waals surface area contributed by atoms with E-state index in [1.807, 2.05) is 49.0 Å². The van der Waals surface area contributed by atoms with Gasteiger partial charge in [0.25, 0.3) is 0 Å². The summed E-state index contributed by atoms with van der Waals surface area (Å²) in [6.45, 7) is 12.3. The third-order valence-corrected chi connectivity index (χ3v) is 10.4. The van der Waals surface area contributed by atoms with Gasteiger partial charge in [-0.1, -0.05) is 37.3 Å². The van der Waals surface area contributed by atoms with Gasteiger partial charge in [0.15, 0.2) is 0 Å². The molecule has 272 valence electrons. The van der Waals surface area contributed by atoms with Gasteiger partial charge in [0.1, 0.15) is 11.5 Å². The number of benzene rings is 2. The molecule has 0 aromatic heterocycles. The normalized spacial score (nSPS) is 19.1. The topological polar surface area (TPSA) is 134 Å². The summed E-state index contributed by atoms with van der Waals surface area (Å²) in [7, 11) is 2.09. The molecule has 2 aromatic rings. The molecule has 10 nitrogen and oxygen atoms in total. The zero-order valence-corrected chi connectivity index (χ0v) is 31.0. The molecule has 4 rings (SSSR count). The van der Waals surface area contributed by atoms with Gasteiger partial charge in [-0.15, -0.1) is 5.69 Å². The number of allylic oxidation sites excluding steroid dienone is 1. The Balaban J connectivity index is 0.00000650. The van der Waals surface area contributed by atoms with Crippen LogP contribution in [-0.4, -0.2) is 97.4 Å². The minimum absolute atomic E-state index is 0. The fourth-order valence-corrected chi connectivity index (χ4v) is 7.42. The van der Waals surface area contributed by atoms with Gasteiger partial charge >= 0.3 is 6.03 Å². The molecule has 2 amide bonds. The molecule has 2 fully saturated rings. The number of nitrogens with zero attached hydrogens (tertiary/aromatic N) is 3. The van der Waals surface area contributed by atoms with Crippen molar-refractivity contribution in [3.05, 3.63) is 71.1 Å². The van der Waals surface area contributed by atoms with E-state index in [2.05, 4.69) is 46.4 Å². The summed E-state index contributed by atoms with van der Waals surface area (Å²) in [6.07, 6.45) is 10.3. The number of urea groups is 1. The zero-order chi connectivity index (χ0) is 34.3. The number of rotatable bonds is 21. The quantitative estimate of drug-likeness (QED) is 0.0493. The third-order valence-electron chi connectivity index (χ3n) is 8.92. The molecule has 0 aliphatic carbocycles. The molecule has 2 aliphatic rings. The van der Waals surface area contributed by atoms with E-state index in [1.54, 1.807) is 18.5 Å². The molecule has 4 atom stereocenters. The van der Waals surface area contributed by atoms with Gasteiger partial charge < -0.3 is 36.4 Å². The number of hydrogen-bond donors (Lipinski definition) is 4. The van der Waals surface area contributed by atoms with Crippen LogP contribution in [0.3, 0.4) is 0 Å². The van der Waals surface area contributed by atoms with Crippen molar-refractivity contribution in [1.29, 1.82) is 0 Å². The second-order valence-corrected chi connectivity index (χ2v) is 14.1. The summed E-state index contributed by atoms with van der Waals surface area (Å²) in [5.74, 6) is 1.77. The Kier molecular flexibility index (Phi) is 17.3. The third kappa shape index (κ3) is 13.6. The number of aromatic hydroxyl groups is 1. The second kappa shape index (κ2) is 21.1. The number of phenols is 1. The summed E-state index contributed by atoms with van der Waals surface area (Å²) in [5.41, 5.74) is 12.3. The number of unbranched alkanes of at least 4 members (excludes halogenated alkanes) is 1. The first-order chi connectivity index (χ1) is 23.2. The minimum Gasteiger partial charge on any atom is -0.698 e. The molecular formula is C37H54N7NiO3S-. The smallest absolute Gasteiger partial charge is 0.315 e. The molecular weight excluding hydrogens is 681 g/mol. The Morgan fingerprint density at radius 3 is 2.78 bits per heavy atom. The van der Waals surface area contributed by atoms with Crippen LogP contribution in [0.5, 0.6) is 11.5 Å². The number of ether oxygens (including phenoxy) is 1. The van der Waals surface area contributed by atoms with Crippen molar-refractivity contribution in [3.8, 4) is 11.5 Å². The molecule has 2 aliphatic heterocycles. The zero-order valence-electron chi connectivity index (χ0n) is 29.2. The van der Waals surface area contributed by atoms with Gasteiger partial charge in [0.2, 0.25) is 0 Å². The fourth-order valence-electron chi connectivity index (χ4n) is 5.88. The first kappa shape index (κ1) is 40.2. The molecule has 2 saturated heterocycles. The van der Waals surface area contributed by atoms with Crippen LogP contribution in [0, 0.1) is 6.92 Å². The molecule has 0 saturated carbocycles. The number of hydrogen-bond acceptors (Lipinski definition) is 8. The molecule has 12 heteroatoms. The van der Waals surface area contributed by atoms with Crippen LogP contribution in [0.15, 0.2) is 58.7 Å². The standard InChI is InChI=1S/C37H55N7O3S.Ni/c1-5-44(4)18-9-19-47-31-16-15-29(34(45)21-31)22-39-24-30(41-23-28-14-13-26(2)20-32(28)38)11-6-7-17-40-27(3)10-8-12-35-36-33(25-48-35)42-37(46)43-36;/h13-16,20-23,30,33,35-36,40H,3,5-12,17-19,24-25H2,1-2,4H3,(H5,38,39,41,42,43,45,46);/p-1. The van der Waals surface area contributed by atoms with Crippen LogP contribution >= 0.6 is 11.8 Å². The van der Waals surface area contributed by atoms with Crippen molar-refractivity contribution in [2.45, 2.75) is 82.2 Å². The summed E-state index contributed by atoms with van der Waals surface area (Å²) >= 11 is 1.95. The molecule has 49 heavy (non-hydrogen) atoms. The van der Waals surface area contributed by atoms with Crippen LogP contribution in [0.2, 0.25) is 0 Å². The number of amides is 2. The van der Waals surface area contributed by atoms with E-state index in [4.69, 9.17) is 15.5 Å². The van der Waals surface area contributed by atoms with Gasteiger partial charge in [-0.3, -0.25) is 9.98 Å². The predicted molar refractivity (Wildman–Crippen MR) is 201 cm³/mol. The van der Waals surface area contributed by atoms with Crippen molar-refractivity contribution >= 4 is 35.9 Å². The van der Waals surface area contributed by atoms with Gasteiger partial charge in [-0.05, 0) is 83.2 Å². The van der Waals surface area contributed by atoms with Crippen LogP contribution in [0.1, 0.15) is 68.6 Å². The van der Waals surface area contributed by atoms with Crippen LogP contribution in [0.4, 0.5) is 10.5 Å². The number of phenolic OH excluding ortho intramolecular Hbond substituents is 1. The molecule has 0 radical (unpaired) electrons. The first-order valence-electron chi connectivity index (χ1n) is 17.3. The van der Waals surface area contributed by atoms with Crippen molar-refractivity contribution < 1.29 is 31.1 Å². The second-order valence-electron chi connectivity index (χ2n) is 12.9. The summed E-state index contributed by atoms with van der Waals surface area (Å²) in [5, 5.41) is 20.6. The maximum atomic E-state index is 11.6. The van der Waals surface area contributed by atoms with E-state index < -0.39 is 0 Å². The van der Waals surface area contributed by atoms with Crippen molar-refractivity contribution in [1.82, 2.24) is 20.9 Å². The average Bonchev–Trinajstić information content (AvgIpc) is 3.62. The molecule has 2 aromatic carbocycles. The van der Waals surface area contributed by atoms with Gasteiger partial charge in [0, 0.05) is 70.3 Å². The van der Waals surface area contributed by atoms with E-state index in [1.165, 1.54) is 0 Å². The van der Waals surface area contributed by atoms with E-state index in [-0.39, 0.29) is 46.4 Å². The van der Waals surface area contributed by atoms with Crippen molar-refractivity contribution in [2.75, 3.05) is 45.6 Å². The van der Waals surface area contributed by atoms with Crippen LogP contribution < -0.4 is 20.7 Å². The molecule has 4 unspecified atom stereocenters. The minimum atomic E-state index is -0.0468. The number of carbonyl (C=O) groups excluding carboxylic acids is 1. The van der Waals surface area contributed by atoms with E-state index in [9.17, 15) is 9.90 Å². The Hall–Kier alpha value is -3.21. The van der Waals surface area contributed by atoms with Gasteiger partial charge in [0.05, 0.1) is 31.3 Å². The van der Waals surface area contributed by atoms with Gasteiger partial charge in [-0.25, -0.2) is 4.79 Å². The predicted octanol–water partition coefficient (Wildman–Crippen LogP) is 6.62. The first-order valence-corrected chi connectivity index (χ1v) is 18.4. The molecule has 5 N–H and O–H groups in total. The SMILES string of the molecule is C=C(CCCC1SCC2NC(=O)NC21)NCCCCC(CN=Cc1ccc(OCCCN(C)CC)cc1O)N=Cc1ccc(C)cc1[NH-].[Ni]. The van der Waals surface area contributed by atoms with Crippen LogP contribution in [-0.2, 0) is 16.5 Å². The Labute approximate surface area is 307 Å². The Morgan fingerprint density at radius 1 is 1.18 bits per heavy atom. The maximum Gasteiger partial charge on any atom is 0.315 e. The van der Waals surface area contributed by atoms with E-state index >= 15 is 0 Å². The van der Waals surface area contributed by atoms with E-state index in [0.29, 0.717) is 35.4 Å². The fraction of sp³-hybridized carbons (Fsp3) is 0.541. The monoisotopic (exact) mass is 734 g/mol. The number of nitrogens with one attached hydrogen (secondary N) is 4. The summed E-state index contributed by atoms with van der Waals surface area (Å²) < 4.78 is 5.81. The maximum absolute atomic E-state index is 11.6. The Morgan fingerprint density at radius 2 is 2.00 bits per heavy atom. The number of carbonyl (C=O) groups is 1. The Bertz CT molecular complexity index is 1410. The van der Waals surface area contributed by atoms with Crippen LogP contribution in [0.25, 0.3) is 5.73 Å². The summed E-state index contributed by atoms with van der Waals surface area (Å²) in [4.78, 5) is 23.3. The van der Waals surface area contributed by atoms with Crippen molar-refractivity contribution in [3.63, 3.8) is 0 Å².